The number of carbonyl (C=O) groups is 5. The molecule has 0 radical (unpaired) electrons. The Hall–Kier alpha value is -5.88. The second kappa shape index (κ2) is 20.3. The first kappa shape index (κ1) is 50.5. The number of rotatable bonds is 17. The first-order chi connectivity index (χ1) is 28.6. The van der Waals surface area contributed by atoms with Gasteiger partial charge in [-0.3, -0.25) is 19.6 Å². The highest BCUT2D eigenvalue weighted by atomic mass is 19.4. The molecule has 4 amide bonds. The van der Waals surface area contributed by atoms with Crippen molar-refractivity contribution in [3.05, 3.63) is 77.6 Å². The maximum absolute atomic E-state index is 14.8. The Morgan fingerprint density at radius 2 is 1.37 bits per heavy atom. The van der Waals surface area contributed by atoms with Crippen LogP contribution >= 0.6 is 0 Å². The topological polar surface area (TPSA) is 192 Å². The smallest absolute Gasteiger partial charge is 0.422 e. The maximum Gasteiger partial charge on any atom is 0.422 e. The molecule has 62 heavy (non-hydrogen) atoms. The van der Waals surface area contributed by atoms with E-state index >= 15 is 0 Å². The highest BCUT2D eigenvalue weighted by molar-refractivity contribution is 5.94. The Balaban J connectivity index is 2.03. The fraction of sp³-hybridized carbons (Fsp3) is 0.558. The van der Waals surface area contributed by atoms with E-state index in [0.717, 1.165) is 18.9 Å². The molecule has 0 bridgehead atoms. The quantitative estimate of drug-likeness (QED) is 0.108. The zero-order valence-electron chi connectivity index (χ0n) is 37.4. The fourth-order valence-corrected chi connectivity index (χ4v) is 6.24. The Kier molecular flexibility index (Phi) is 16.5. The number of hydrogen-bond donors (Lipinski definition) is 3. The second-order valence-electron chi connectivity index (χ2n) is 17.7. The maximum atomic E-state index is 14.8. The van der Waals surface area contributed by atoms with E-state index in [2.05, 4.69) is 25.7 Å². The molecule has 3 rings (SSSR count). The number of ether oxygens (including phenoxy) is 4. The van der Waals surface area contributed by atoms with Gasteiger partial charge in [0.2, 0.25) is 17.4 Å². The van der Waals surface area contributed by atoms with Crippen LogP contribution in [-0.4, -0.2) is 105 Å². The lowest BCUT2D eigenvalue weighted by Crippen LogP contribution is -2.66. The Morgan fingerprint density at radius 3 is 1.89 bits per heavy atom. The Bertz CT molecular complexity index is 1990. The number of alkyl carbamates (subject to hydrolysis) is 2. The molecule has 0 aliphatic carbocycles. The van der Waals surface area contributed by atoms with Crippen molar-refractivity contribution in [2.24, 2.45) is 5.92 Å². The van der Waals surface area contributed by atoms with Crippen LogP contribution in [0.5, 0.6) is 5.75 Å². The van der Waals surface area contributed by atoms with Crippen molar-refractivity contribution in [1.82, 2.24) is 35.8 Å². The van der Waals surface area contributed by atoms with Gasteiger partial charge in [0, 0.05) is 19.2 Å². The first-order valence-electron chi connectivity index (χ1n) is 19.9. The Morgan fingerprint density at radius 1 is 0.790 bits per heavy atom. The lowest BCUT2D eigenvalue weighted by Gasteiger charge is -2.41. The lowest BCUT2D eigenvalue weighted by molar-refractivity contribution is -0.211. The summed E-state index contributed by atoms with van der Waals surface area (Å²) < 4.78 is 65.9. The standard InChI is InChI=1S/C43H60F3N7O9/c1-27(2)33(48-37(57)61-39(3,4)5)34(54)53(24-29-18-20-32(59-11)21-19-29)41(9,10)35(55)47-30(22-28-16-14-13-15-17-28)25-52-26-31(50-51-52)23-42(36(56)60-12,43(44,45)46)49-38(58)62-40(6,7)8/h13-21,26-27,30,33H,22-25H2,1-12H3,(H,47,55)(H,48,57)(H,49,58)/t30-,33-,42?/m0/s1. The number of carbonyl (C=O) groups excluding carboxylic acids is 5. The summed E-state index contributed by atoms with van der Waals surface area (Å²) in [7, 11) is 2.27. The third-order valence-corrected chi connectivity index (χ3v) is 9.43. The summed E-state index contributed by atoms with van der Waals surface area (Å²) in [6.07, 6.45) is -7.55. The van der Waals surface area contributed by atoms with E-state index in [1.165, 1.54) is 37.5 Å². The van der Waals surface area contributed by atoms with Gasteiger partial charge in [0.05, 0.1) is 32.5 Å². The van der Waals surface area contributed by atoms with Crippen LogP contribution in [0.1, 0.15) is 86.1 Å². The second-order valence-corrected chi connectivity index (χ2v) is 17.7. The van der Waals surface area contributed by atoms with Crippen molar-refractivity contribution in [3.63, 3.8) is 0 Å². The molecule has 3 N–H and O–H groups in total. The van der Waals surface area contributed by atoms with Crippen LogP contribution in [0.15, 0.2) is 60.8 Å². The molecule has 342 valence electrons. The molecular weight excluding hydrogens is 816 g/mol. The minimum absolute atomic E-state index is 0.0588. The third-order valence-electron chi connectivity index (χ3n) is 9.43. The van der Waals surface area contributed by atoms with Gasteiger partial charge in [-0.25, -0.2) is 14.4 Å². The van der Waals surface area contributed by atoms with Crippen LogP contribution in [0, 0.1) is 5.92 Å². The minimum Gasteiger partial charge on any atom is -0.497 e. The largest absolute Gasteiger partial charge is 0.497 e. The molecule has 1 aromatic heterocycles. The van der Waals surface area contributed by atoms with Gasteiger partial charge in [0.1, 0.15) is 28.5 Å². The summed E-state index contributed by atoms with van der Waals surface area (Å²) in [6, 6.07) is 14.1. The van der Waals surface area contributed by atoms with E-state index in [0.29, 0.717) is 11.3 Å². The van der Waals surface area contributed by atoms with Crippen molar-refractivity contribution in [3.8, 4) is 5.75 Å². The number of amides is 4. The number of alkyl halides is 3. The van der Waals surface area contributed by atoms with Crippen molar-refractivity contribution >= 4 is 30.0 Å². The number of aromatic nitrogens is 3. The molecule has 0 saturated heterocycles. The van der Waals surface area contributed by atoms with E-state index in [-0.39, 0.29) is 25.2 Å². The Labute approximate surface area is 360 Å². The fourth-order valence-electron chi connectivity index (χ4n) is 6.24. The lowest BCUT2D eigenvalue weighted by atomic mass is 9.92. The highest BCUT2D eigenvalue weighted by Crippen LogP contribution is 2.35. The van der Waals surface area contributed by atoms with Crippen molar-refractivity contribution in [2.45, 2.75) is 136 Å². The molecule has 1 unspecified atom stereocenters. The molecular formula is C43H60F3N7O9. The van der Waals surface area contributed by atoms with Gasteiger partial charge in [-0.05, 0) is 91.0 Å². The van der Waals surface area contributed by atoms with Crippen LogP contribution in [-0.2, 0) is 54.5 Å². The number of nitrogens with zero attached hydrogens (tertiary/aromatic N) is 4. The van der Waals surface area contributed by atoms with Gasteiger partial charge in [-0.2, -0.15) is 13.2 Å². The molecule has 1 heterocycles. The molecule has 0 spiro atoms. The summed E-state index contributed by atoms with van der Waals surface area (Å²) in [4.78, 5) is 69.0. The molecule has 2 aromatic carbocycles. The number of methoxy groups -OCH3 is 2. The number of hydrogen-bond acceptors (Lipinski definition) is 11. The zero-order chi connectivity index (χ0) is 46.8. The predicted molar refractivity (Wildman–Crippen MR) is 222 cm³/mol. The van der Waals surface area contributed by atoms with Crippen molar-refractivity contribution in [2.75, 3.05) is 14.2 Å². The summed E-state index contributed by atoms with van der Waals surface area (Å²) in [5.41, 5.74) is -6.15. The molecule has 3 aromatic rings. The molecule has 3 atom stereocenters. The number of nitrogens with one attached hydrogen (secondary N) is 3. The molecule has 0 aliphatic heterocycles. The van der Waals surface area contributed by atoms with E-state index < -0.39 is 82.8 Å². The van der Waals surface area contributed by atoms with Gasteiger partial charge < -0.3 is 34.5 Å². The molecule has 19 heteroatoms. The van der Waals surface area contributed by atoms with E-state index in [1.807, 2.05) is 18.2 Å². The zero-order valence-corrected chi connectivity index (χ0v) is 37.4. The summed E-state index contributed by atoms with van der Waals surface area (Å²) >= 11 is 0. The monoisotopic (exact) mass is 875 g/mol. The number of benzene rings is 2. The van der Waals surface area contributed by atoms with Crippen LogP contribution in [0.3, 0.4) is 0 Å². The van der Waals surface area contributed by atoms with E-state index in [9.17, 15) is 37.1 Å². The van der Waals surface area contributed by atoms with Gasteiger partial charge in [-0.1, -0.05) is 61.5 Å². The predicted octanol–water partition coefficient (Wildman–Crippen LogP) is 5.91. The SMILES string of the molecule is COC(=O)C(Cc1cn(C[C@H](Cc2ccccc2)NC(=O)C(C)(C)N(Cc2ccc(OC)cc2)C(=O)[C@@H](NC(=O)OC(C)(C)C)C(C)C)nn1)(NC(=O)OC(C)(C)C)C(F)(F)F. The summed E-state index contributed by atoms with van der Waals surface area (Å²) in [5.74, 6) is -2.85. The molecule has 16 nitrogen and oxygen atoms in total. The molecule has 0 aliphatic rings. The summed E-state index contributed by atoms with van der Waals surface area (Å²) in [6.45, 7) is 15.8. The van der Waals surface area contributed by atoms with Crippen molar-refractivity contribution in [1.29, 1.82) is 0 Å². The third kappa shape index (κ3) is 14.1. The number of esters is 1. The van der Waals surface area contributed by atoms with Crippen LogP contribution in [0.25, 0.3) is 0 Å². The first-order valence-corrected chi connectivity index (χ1v) is 19.9. The van der Waals surface area contributed by atoms with Gasteiger partial charge in [0.15, 0.2) is 0 Å². The normalized spacial score (nSPS) is 14.1. The van der Waals surface area contributed by atoms with Crippen LogP contribution in [0.4, 0.5) is 22.8 Å². The molecule has 0 saturated carbocycles. The van der Waals surface area contributed by atoms with Gasteiger partial charge >= 0.3 is 24.3 Å². The highest BCUT2D eigenvalue weighted by Gasteiger charge is 2.63. The van der Waals surface area contributed by atoms with Crippen LogP contribution in [0.2, 0.25) is 0 Å². The number of halogens is 3. The van der Waals surface area contributed by atoms with Crippen molar-refractivity contribution < 1.29 is 56.1 Å². The van der Waals surface area contributed by atoms with Gasteiger partial charge in [0.25, 0.3) is 0 Å². The molecule has 0 fully saturated rings. The van der Waals surface area contributed by atoms with E-state index in [4.69, 9.17) is 14.2 Å². The van der Waals surface area contributed by atoms with Crippen LogP contribution < -0.4 is 20.7 Å². The van der Waals surface area contributed by atoms with E-state index in [1.54, 1.807) is 90.2 Å². The minimum atomic E-state index is -5.37. The summed E-state index contributed by atoms with van der Waals surface area (Å²) in [5, 5.41) is 15.3. The van der Waals surface area contributed by atoms with Gasteiger partial charge in [-0.15, -0.1) is 5.10 Å². The average molecular weight is 876 g/mol. The average Bonchev–Trinajstić information content (AvgIpc) is 3.59.